The van der Waals surface area contributed by atoms with Gasteiger partial charge in [-0.15, -0.1) is 5.10 Å². The van der Waals surface area contributed by atoms with Crippen LogP contribution in [-0.4, -0.2) is 43.9 Å². The number of carbonyl (C=O) groups excluding carboxylic acids is 1. The summed E-state index contributed by atoms with van der Waals surface area (Å²) in [4.78, 5) is 12.6. The van der Waals surface area contributed by atoms with Crippen LogP contribution in [0.3, 0.4) is 0 Å². The van der Waals surface area contributed by atoms with Crippen LogP contribution in [0.2, 0.25) is 0 Å². The number of aromatic nitrogens is 4. The Morgan fingerprint density at radius 2 is 2.09 bits per heavy atom. The second kappa shape index (κ2) is 8.38. The summed E-state index contributed by atoms with van der Waals surface area (Å²) in [6.07, 6.45) is 1.49. The first-order valence-corrected chi connectivity index (χ1v) is 7.86. The van der Waals surface area contributed by atoms with Crippen molar-refractivity contribution in [3.05, 3.63) is 41.7 Å². The van der Waals surface area contributed by atoms with Gasteiger partial charge in [0, 0.05) is 13.0 Å². The summed E-state index contributed by atoms with van der Waals surface area (Å²) in [5.41, 5.74) is 1.02. The molecular formula is C16H23N5O2. The van der Waals surface area contributed by atoms with E-state index in [1.807, 2.05) is 37.3 Å². The summed E-state index contributed by atoms with van der Waals surface area (Å²) < 4.78 is 1.52. The fraction of sp³-hybridized carbons (Fsp3) is 0.500. The second-order valence-corrected chi connectivity index (χ2v) is 5.56. The van der Waals surface area contributed by atoms with Crippen LogP contribution in [0.25, 0.3) is 0 Å². The number of benzene rings is 1. The van der Waals surface area contributed by atoms with Crippen molar-refractivity contribution in [3.8, 4) is 0 Å². The molecule has 2 unspecified atom stereocenters. The summed E-state index contributed by atoms with van der Waals surface area (Å²) in [7, 11) is 0. The number of aryl methyl sites for hydroxylation is 1. The zero-order chi connectivity index (χ0) is 16.7. The lowest BCUT2D eigenvalue weighted by atomic mass is 10.1. The number of carbonyl (C=O) groups is 1. The number of nitrogens with one attached hydrogen (secondary N) is 1. The third kappa shape index (κ3) is 4.85. The van der Waals surface area contributed by atoms with Gasteiger partial charge in [-0.3, -0.25) is 4.79 Å². The number of hydrogen-bond acceptors (Lipinski definition) is 5. The molecule has 0 spiro atoms. The van der Waals surface area contributed by atoms with Gasteiger partial charge >= 0.3 is 0 Å². The quantitative estimate of drug-likeness (QED) is 0.759. The molecule has 0 bridgehead atoms. The van der Waals surface area contributed by atoms with Gasteiger partial charge in [0.15, 0.2) is 0 Å². The summed E-state index contributed by atoms with van der Waals surface area (Å²) in [6, 6.07) is 9.18. The molecule has 1 heterocycles. The smallest absolute Gasteiger partial charge is 0.245 e. The molecule has 124 valence electrons. The highest BCUT2D eigenvalue weighted by Gasteiger charge is 2.24. The predicted octanol–water partition coefficient (Wildman–Crippen LogP) is 1.04. The van der Waals surface area contributed by atoms with E-state index in [9.17, 15) is 9.90 Å². The van der Waals surface area contributed by atoms with E-state index in [2.05, 4.69) is 20.8 Å². The average Bonchev–Trinajstić information content (AvgIpc) is 2.97. The maximum Gasteiger partial charge on any atom is 0.245 e. The molecule has 0 fully saturated rings. The highest BCUT2D eigenvalue weighted by molar-refractivity contribution is 5.80. The largest absolute Gasteiger partial charge is 0.391 e. The topological polar surface area (TPSA) is 92.9 Å². The number of aliphatic hydroxyl groups excluding tert-OH is 1. The summed E-state index contributed by atoms with van der Waals surface area (Å²) >= 11 is 0. The van der Waals surface area contributed by atoms with Gasteiger partial charge in [0.2, 0.25) is 5.91 Å². The fourth-order valence-corrected chi connectivity index (χ4v) is 2.43. The summed E-state index contributed by atoms with van der Waals surface area (Å²) in [5.74, 6) is 0.384. The Morgan fingerprint density at radius 1 is 1.35 bits per heavy atom. The Morgan fingerprint density at radius 3 is 2.70 bits per heavy atom. The molecule has 23 heavy (non-hydrogen) atoms. The number of tetrazole rings is 1. The van der Waals surface area contributed by atoms with Crippen LogP contribution in [0, 0.1) is 6.92 Å². The Kier molecular flexibility index (Phi) is 6.22. The molecule has 7 heteroatoms. The SMILES string of the molecule is CCCC(O)CNC(=O)C(Cc1ccccc1)n1nnnc1C. The second-order valence-electron chi connectivity index (χ2n) is 5.56. The normalized spacial score (nSPS) is 13.5. The highest BCUT2D eigenvalue weighted by atomic mass is 16.3. The van der Waals surface area contributed by atoms with Crippen molar-refractivity contribution in [2.75, 3.05) is 6.54 Å². The van der Waals surface area contributed by atoms with Gasteiger partial charge in [0.25, 0.3) is 0 Å². The third-order valence-corrected chi connectivity index (χ3v) is 3.66. The van der Waals surface area contributed by atoms with Gasteiger partial charge in [-0.1, -0.05) is 43.7 Å². The van der Waals surface area contributed by atoms with Gasteiger partial charge < -0.3 is 10.4 Å². The van der Waals surface area contributed by atoms with Crippen molar-refractivity contribution in [1.29, 1.82) is 0 Å². The van der Waals surface area contributed by atoms with Gasteiger partial charge in [0.1, 0.15) is 11.9 Å². The van der Waals surface area contributed by atoms with Crippen LogP contribution in [0.15, 0.2) is 30.3 Å². The lowest BCUT2D eigenvalue weighted by Gasteiger charge is -2.19. The Bertz CT molecular complexity index is 614. The van der Waals surface area contributed by atoms with Crippen molar-refractivity contribution < 1.29 is 9.90 Å². The van der Waals surface area contributed by atoms with Gasteiger partial charge in [-0.25, -0.2) is 4.68 Å². The van der Waals surface area contributed by atoms with Crippen LogP contribution < -0.4 is 5.32 Å². The van der Waals surface area contributed by atoms with Crippen molar-refractivity contribution in [2.45, 2.75) is 45.3 Å². The van der Waals surface area contributed by atoms with Crippen molar-refractivity contribution >= 4 is 5.91 Å². The number of amides is 1. The standard InChI is InChI=1S/C16H23N5O2/c1-3-7-14(22)11-17-16(23)15(21-12(2)18-19-20-21)10-13-8-5-4-6-9-13/h4-6,8-9,14-15,22H,3,7,10-11H2,1-2H3,(H,17,23). The number of hydrogen-bond donors (Lipinski definition) is 2. The number of rotatable bonds is 8. The molecular weight excluding hydrogens is 294 g/mol. The minimum absolute atomic E-state index is 0.195. The van der Waals surface area contributed by atoms with Gasteiger partial charge in [-0.05, 0) is 29.3 Å². The molecule has 0 aliphatic heterocycles. The maximum absolute atomic E-state index is 12.6. The molecule has 0 saturated heterocycles. The Labute approximate surface area is 135 Å². The molecule has 2 aromatic rings. The van der Waals surface area contributed by atoms with E-state index in [0.717, 1.165) is 12.0 Å². The highest BCUT2D eigenvalue weighted by Crippen LogP contribution is 2.15. The van der Waals surface area contributed by atoms with E-state index in [1.54, 1.807) is 6.92 Å². The minimum Gasteiger partial charge on any atom is -0.391 e. The molecule has 0 saturated carbocycles. The molecule has 1 aromatic carbocycles. The summed E-state index contributed by atoms with van der Waals surface area (Å²) in [5, 5.41) is 24.0. The van der Waals surface area contributed by atoms with E-state index < -0.39 is 12.1 Å². The molecule has 0 radical (unpaired) electrons. The Balaban J connectivity index is 2.10. The van der Waals surface area contributed by atoms with E-state index in [4.69, 9.17) is 0 Å². The lowest BCUT2D eigenvalue weighted by Crippen LogP contribution is -2.39. The van der Waals surface area contributed by atoms with E-state index >= 15 is 0 Å². The molecule has 1 amide bonds. The molecule has 7 nitrogen and oxygen atoms in total. The van der Waals surface area contributed by atoms with Crippen LogP contribution in [-0.2, 0) is 11.2 Å². The van der Waals surface area contributed by atoms with Crippen LogP contribution in [0.1, 0.15) is 37.2 Å². The molecule has 2 rings (SSSR count). The van der Waals surface area contributed by atoms with Gasteiger partial charge in [-0.2, -0.15) is 0 Å². The molecule has 2 N–H and O–H groups in total. The first-order chi connectivity index (χ1) is 11.1. The van der Waals surface area contributed by atoms with Crippen LogP contribution in [0.5, 0.6) is 0 Å². The van der Waals surface area contributed by atoms with Crippen LogP contribution >= 0.6 is 0 Å². The molecule has 2 atom stereocenters. The van der Waals surface area contributed by atoms with E-state index in [1.165, 1.54) is 4.68 Å². The minimum atomic E-state index is -0.541. The first kappa shape index (κ1) is 17.1. The first-order valence-electron chi connectivity index (χ1n) is 7.86. The molecule has 1 aromatic heterocycles. The summed E-state index contributed by atoms with van der Waals surface area (Å²) in [6.45, 7) is 3.99. The number of aliphatic hydroxyl groups is 1. The van der Waals surface area contributed by atoms with Crippen molar-refractivity contribution in [1.82, 2.24) is 25.5 Å². The van der Waals surface area contributed by atoms with Gasteiger partial charge in [0.05, 0.1) is 6.10 Å². The van der Waals surface area contributed by atoms with E-state index in [-0.39, 0.29) is 12.5 Å². The molecule has 0 aliphatic rings. The van der Waals surface area contributed by atoms with Crippen LogP contribution in [0.4, 0.5) is 0 Å². The lowest BCUT2D eigenvalue weighted by molar-refractivity contribution is -0.125. The number of nitrogens with zero attached hydrogens (tertiary/aromatic N) is 4. The zero-order valence-electron chi connectivity index (χ0n) is 13.5. The monoisotopic (exact) mass is 317 g/mol. The maximum atomic E-state index is 12.6. The molecule has 0 aliphatic carbocycles. The van der Waals surface area contributed by atoms with E-state index in [0.29, 0.717) is 18.7 Å². The average molecular weight is 317 g/mol. The third-order valence-electron chi connectivity index (χ3n) is 3.66. The van der Waals surface area contributed by atoms with Crippen molar-refractivity contribution in [2.24, 2.45) is 0 Å². The fourth-order valence-electron chi connectivity index (χ4n) is 2.43. The van der Waals surface area contributed by atoms with Crippen molar-refractivity contribution in [3.63, 3.8) is 0 Å². The zero-order valence-corrected chi connectivity index (χ0v) is 13.5. The Hall–Kier alpha value is -2.28. The predicted molar refractivity (Wildman–Crippen MR) is 85.7 cm³/mol.